The van der Waals surface area contributed by atoms with Gasteiger partial charge in [0, 0.05) is 35.4 Å². The summed E-state index contributed by atoms with van der Waals surface area (Å²) in [6.45, 7) is 4.71. The van der Waals surface area contributed by atoms with Crippen LogP contribution in [0.5, 0.6) is 5.75 Å². The molecule has 0 saturated carbocycles. The molecule has 2 heterocycles. The van der Waals surface area contributed by atoms with Gasteiger partial charge in [0.1, 0.15) is 5.75 Å². The molecule has 21 heavy (non-hydrogen) atoms. The van der Waals surface area contributed by atoms with Crippen molar-refractivity contribution in [3.8, 4) is 5.75 Å². The third-order valence-electron chi connectivity index (χ3n) is 3.69. The second kappa shape index (κ2) is 6.52. The van der Waals surface area contributed by atoms with Gasteiger partial charge in [-0.3, -0.25) is 0 Å². The van der Waals surface area contributed by atoms with Gasteiger partial charge in [-0.15, -0.1) is 0 Å². The van der Waals surface area contributed by atoms with Crippen LogP contribution in [0.25, 0.3) is 0 Å². The molecule has 4 nitrogen and oxygen atoms in total. The summed E-state index contributed by atoms with van der Waals surface area (Å²) in [5.41, 5.74) is 2.49. The van der Waals surface area contributed by atoms with Crippen LogP contribution in [-0.2, 0) is 13.0 Å². The molecule has 3 rings (SSSR count). The van der Waals surface area contributed by atoms with Crippen molar-refractivity contribution in [2.24, 2.45) is 0 Å². The highest BCUT2D eigenvalue weighted by atomic mass is 79.9. The fraction of sp³-hybridized carbons (Fsp3) is 0.438. The van der Waals surface area contributed by atoms with Gasteiger partial charge in [0.25, 0.3) is 0 Å². The van der Waals surface area contributed by atoms with E-state index in [4.69, 9.17) is 4.74 Å². The minimum absolute atomic E-state index is 0.774. The summed E-state index contributed by atoms with van der Waals surface area (Å²) in [7, 11) is 0. The molecule has 1 aromatic carbocycles. The fourth-order valence-corrected chi connectivity index (χ4v) is 3.18. The Labute approximate surface area is 133 Å². The van der Waals surface area contributed by atoms with E-state index in [1.165, 1.54) is 17.5 Å². The minimum atomic E-state index is 0.774. The molecule has 1 N–H and O–H groups in total. The normalized spacial score (nSPS) is 13.0. The Morgan fingerprint density at radius 3 is 3.19 bits per heavy atom. The van der Waals surface area contributed by atoms with Crippen LogP contribution in [0.15, 0.2) is 29.0 Å². The number of benzene rings is 1. The van der Waals surface area contributed by atoms with Crippen molar-refractivity contribution in [1.29, 1.82) is 0 Å². The van der Waals surface area contributed by atoms with Gasteiger partial charge in [0.2, 0.25) is 5.95 Å². The molecule has 0 atom stereocenters. The number of nitrogens with one attached hydrogen (secondary N) is 1. The van der Waals surface area contributed by atoms with E-state index in [1.54, 1.807) is 0 Å². The number of unbranched alkanes of at least 4 members (excludes halogenated alkanes) is 1. The molecule has 2 aromatic rings. The van der Waals surface area contributed by atoms with Crippen LogP contribution >= 0.6 is 15.9 Å². The Kier molecular flexibility index (Phi) is 4.48. The van der Waals surface area contributed by atoms with Crippen molar-refractivity contribution in [3.05, 3.63) is 40.1 Å². The van der Waals surface area contributed by atoms with Crippen LogP contribution in [0.4, 0.5) is 5.95 Å². The van der Waals surface area contributed by atoms with Crippen molar-refractivity contribution in [2.45, 2.75) is 32.7 Å². The number of halogens is 1. The molecule has 0 saturated heterocycles. The van der Waals surface area contributed by atoms with Gasteiger partial charge in [-0.2, -0.15) is 0 Å². The van der Waals surface area contributed by atoms with Crippen molar-refractivity contribution < 1.29 is 4.74 Å². The van der Waals surface area contributed by atoms with Gasteiger partial charge in [-0.25, -0.2) is 4.98 Å². The molecule has 0 aliphatic carbocycles. The predicted molar refractivity (Wildman–Crippen MR) is 88.1 cm³/mol. The number of hydrogen-bond acceptors (Lipinski definition) is 3. The monoisotopic (exact) mass is 349 g/mol. The summed E-state index contributed by atoms with van der Waals surface area (Å²) in [4.78, 5) is 4.40. The van der Waals surface area contributed by atoms with Gasteiger partial charge in [0.05, 0.1) is 13.2 Å². The second-order valence-electron chi connectivity index (χ2n) is 5.31. The molecule has 0 amide bonds. The SMILES string of the molecule is CCCCNc1nccn1Cc1cc(Br)cc2c1OCC2. The maximum Gasteiger partial charge on any atom is 0.203 e. The zero-order valence-corrected chi connectivity index (χ0v) is 13.8. The van der Waals surface area contributed by atoms with E-state index in [0.29, 0.717) is 0 Å². The van der Waals surface area contributed by atoms with Gasteiger partial charge in [-0.05, 0) is 24.1 Å². The molecule has 1 aliphatic heterocycles. The Hall–Kier alpha value is -1.49. The third kappa shape index (κ3) is 3.23. The van der Waals surface area contributed by atoms with Crippen molar-refractivity contribution in [2.75, 3.05) is 18.5 Å². The predicted octanol–water partition coefficient (Wildman–Crippen LogP) is 3.84. The second-order valence-corrected chi connectivity index (χ2v) is 6.23. The van der Waals surface area contributed by atoms with Crippen LogP contribution in [0, 0.1) is 0 Å². The summed E-state index contributed by atoms with van der Waals surface area (Å²) in [5, 5.41) is 3.40. The maximum atomic E-state index is 5.80. The molecule has 1 aromatic heterocycles. The van der Waals surface area contributed by atoms with Crippen molar-refractivity contribution in [1.82, 2.24) is 9.55 Å². The number of imidazole rings is 1. The van der Waals surface area contributed by atoms with E-state index in [2.05, 4.69) is 49.9 Å². The minimum Gasteiger partial charge on any atom is -0.493 e. The number of hydrogen-bond donors (Lipinski definition) is 1. The first-order valence-electron chi connectivity index (χ1n) is 7.47. The van der Waals surface area contributed by atoms with E-state index < -0.39 is 0 Å². The average Bonchev–Trinajstić information content (AvgIpc) is 3.08. The summed E-state index contributed by atoms with van der Waals surface area (Å²) >= 11 is 3.59. The number of nitrogens with zero attached hydrogens (tertiary/aromatic N) is 2. The molecule has 0 unspecified atom stereocenters. The topological polar surface area (TPSA) is 39.1 Å². The Bertz CT molecular complexity index is 624. The van der Waals surface area contributed by atoms with E-state index in [9.17, 15) is 0 Å². The van der Waals surface area contributed by atoms with Crippen LogP contribution < -0.4 is 10.1 Å². The number of rotatable bonds is 6. The van der Waals surface area contributed by atoms with E-state index >= 15 is 0 Å². The third-order valence-corrected chi connectivity index (χ3v) is 4.15. The zero-order valence-electron chi connectivity index (χ0n) is 12.2. The highest BCUT2D eigenvalue weighted by molar-refractivity contribution is 9.10. The molecular weight excluding hydrogens is 330 g/mol. The molecule has 112 valence electrons. The molecule has 0 fully saturated rings. The number of fused-ring (bicyclic) bond motifs is 1. The summed E-state index contributed by atoms with van der Waals surface area (Å²) < 4.78 is 9.05. The van der Waals surface area contributed by atoms with E-state index in [0.717, 1.165) is 48.7 Å². The first-order valence-corrected chi connectivity index (χ1v) is 8.26. The maximum absolute atomic E-state index is 5.80. The first-order chi connectivity index (χ1) is 10.3. The Balaban J connectivity index is 1.80. The highest BCUT2D eigenvalue weighted by Gasteiger charge is 2.18. The molecule has 0 spiro atoms. The van der Waals surface area contributed by atoms with E-state index in [1.807, 2.05) is 12.4 Å². The van der Waals surface area contributed by atoms with Crippen LogP contribution in [0.3, 0.4) is 0 Å². The Morgan fingerprint density at radius 1 is 1.43 bits per heavy atom. The van der Waals surface area contributed by atoms with Gasteiger partial charge < -0.3 is 14.6 Å². The number of aromatic nitrogens is 2. The lowest BCUT2D eigenvalue weighted by Crippen LogP contribution is -2.09. The van der Waals surface area contributed by atoms with Gasteiger partial charge in [-0.1, -0.05) is 29.3 Å². The molecule has 1 aliphatic rings. The highest BCUT2D eigenvalue weighted by Crippen LogP contribution is 2.33. The van der Waals surface area contributed by atoms with Crippen LogP contribution in [0.2, 0.25) is 0 Å². The van der Waals surface area contributed by atoms with Crippen LogP contribution in [0.1, 0.15) is 30.9 Å². The van der Waals surface area contributed by atoms with Crippen molar-refractivity contribution >= 4 is 21.9 Å². The summed E-state index contributed by atoms with van der Waals surface area (Å²) in [6.07, 6.45) is 7.18. The van der Waals surface area contributed by atoms with Gasteiger partial charge in [0.15, 0.2) is 0 Å². The smallest absolute Gasteiger partial charge is 0.203 e. The number of anilines is 1. The lowest BCUT2D eigenvalue weighted by atomic mass is 10.1. The molecule has 5 heteroatoms. The molecule has 0 radical (unpaired) electrons. The van der Waals surface area contributed by atoms with Gasteiger partial charge >= 0.3 is 0 Å². The lowest BCUT2D eigenvalue weighted by Gasteiger charge is -2.13. The largest absolute Gasteiger partial charge is 0.493 e. The lowest BCUT2D eigenvalue weighted by molar-refractivity contribution is 0.352. The summed E-state index contributed by atoms with van der Waals surface area (Å²) in [5.74, 6) is 1.97. The van der Waals surface area contributed by atoms with Crippen molar-refractivity contribution in [3.63, 3.8) is 0 Å². The quantitative estimate of drug-likeness (QED) is 0.805. The number of ether oxygens (including phenoxy) is 1. The first kappa shape index (κ1) is 14.4. The fourth-order valence-electron chi connectivity index (χ4n) is 2.63. The average molecular weight is 350 g/mol. The molecule has 0 bridgehead atoms. The Morgan fingerprint density at radius 2 is 2.33 bits per heavy atom. The standard InChI is InChI=1S/C16H20BrN3O/c1-2-3-5-18-16-19-6-7-20(16)11-13-10-14(17)9-12-4-8-21-15(12)13/h6-7,9-10H,2-5,8,11H2,1H3,(H,18,19). The van der Waals surface area contributed by atoms with Crippen LogP contribution in [-0.4, -0.2) is 22.7 Å². The zero-order chi connectivity index (χ0) is 14.7. The van der Waals surface area contributed by atoms with E-state index in [-0.39, 0.29) is 0 Å². The molecular formula is C16H20BrN3O. The summed E-state index contributed by atoms with van der Waals surface area (Å²) in [6, 6.07) is 4.29.